The molecule has 1 aromatic rings. The highest BCUT2D eigenvalue weighted by Crippen LogP contribution is 2.31. The van der Waals surface area contributed by atoms with Gasteiger partial charge in [-0.05, 0) is 43.0 Å². The third-order valence-corrected chi connectivity index (χ3v) is 4.75. The van der Waals surface area contributed by atoms with E-state index in [4.69, 9.17) is 11.5 Å². The van der Waals surface area contributed by atoms with Gasteiger partial charge in [-0.2, -0.15) is 0 Å². The molecule has 4 nitrogen and oxygen atoms in total. The number of rotatable bonds is 3. The lowest BCUT2D eigenvalue weighted by Gasteiger charge is -2.31. The van der Waals surface area contributed by atoms with E-state index in [2.05, 4.69) is 22.9 Å². The number of halogens is 1. The average molecular weight is 340 g/mol. The van der Waals surface area contributed by atoms with Crippen LogP contribution in [0.3, 0.4) is 0 Å². The monoisotopic (exact) mass is 339 g/mol. The van der Waals surface area contributed by atoms with Gasteiger partial charge in [0.1, 0.15) is 5.54 Å². The number of amides is 1. The quantitative estimate of drug-likeness (QED) is 0.882. The third kappa shape index (κ3) is 2.90. The molecule has 4 N–H and O–H groups in total. The van der Waals surface area contributed by atoms with Gasteiger partial charge in [0, 0.05) is 17.6 Å². The summed E-state index contributed by atoms with van der Waals surface area (Å²) in [6, 6.07) is 7.59. The lowest BCUT2D eigenvalue weighted by molar-refractivity contribution is -0.136. The van der Waals surface area contributed by atoms with E-state index in [1.165, 1.54) is 0 Å². The van der Waals surface area contributed by atoms with Crippen molar-refractivity contribution < 1.29 is 4.79 Å². The first-order valence-corrected chi connectivity index (χ1v) is 7.62. The number of nitrogens with zero attached hydrogens (tertiary/aromatic N) is 1. The normalized spacial score (nSPS) is 25.6. The molecule has 1 amide bonds. The SMILES string of the molecule is CC1(CN)CCN(C(=O)C(C)(N)c2ccc(Br)cc2)C1. The van der Waals surface area contributed by atoms with Gasteiger partial charge in [0.05, 0.1) is 0 Å². The summed E-state index contributed by atoms with van der Waals surface area (Å²) in [6.07, 6.45) is 0.936. The fraction of sp³-hybridized carbons (Fsp3) is 0.533. The topological polar surface area (TPSA) is 72.3 Å². The molecule has 2 rings (SSSR count). The van der Waals surface area contributed by atoms with Crippen LogP contribution in [-0.2, 0) is 10.3 Å². The van der Waals surface area contributed by atoms with Gasteiger partial charge in [-0.1, -0.05) is 35.0 Å². The van der Waals surface area contributed by atoms with Crippen LogP contribution in [0.25, 0.3) is 0 Å². The van der Waals surface area contributed by atoms with Crippen molar-refractivity contribution in [2.75, 3.05) is 19.6 Å². The van der Waals surface area contributed by atoms with Gasteiger partial charge >= 0.3 is 0 Å². The second-order valence-electron chi connectivity index (χ2n) is 6.20. The van der Waals surface area contributed by atoms with E-state index < -0.39 is 5.54 Å². The Balaban J connectivity index is 2.18. The Hall–Kier alpha value is -0.910. The van der Waals surface area contributed by atoms with E-state index in [1.807, 2.05) is 29.2 Å². The predicted octanol–water partition coefficient (Wildman–Crippen LogP) is 1.82. The predicted molar refractivity (Wildman–Crippen MR) is 84.0 cm³/mol. The number of hydrogen-bond acceptors (Lipinski definition) is 3. The average Bonchev–Trinajstić information content (AvgIpc) is 2.82. The molecule has 2 unspecified atom stereocenters. The van der Waals surface area contributed by atoms with E-state index in [0.29, 0.717) is 13.1 Å². The van der Waals surface area contributed by atoms with Gasteiger partial charge < -0.3 is 16.4 Å². The van der Waals surface area contributed by atoms with Crippen LogP contribution in [-0.4, -0.2) is 30.4 Å². The molecule has 0 bridgehead atoms. The highest BCUT2D eigenvalue weighted by Gasteiger charge is 2.41. The van der Waals surface area contributed by atoms with E-state index >= 15 is 0 Å². The summed E-state index contributed by atoms with van der Waals surface area (Å²) in [5.41, 5.74) is 11.9. The van der Waals surface area contributed by atoms with Gasteiger partial charge in [-0.25, -0.2) is 0 Å². The molecule has 110 valence electrons. The fourth-order valence-electron chi connectivity index (χ4n) is 2.61. The van der Waals surface area contributed by atoms with Crippen molar-refractivity contribution in [3.63, 3.8) is 0 Å². The number of carbonyl (C=O) groups is 1. The molecule has 20 heavy (non-hydrogen) atoms. The third-order valence-electron chi connectivity index (χ3n) is 4.23. The molecule has 0 spiro atoms. The van der Waals surface area contributed by atoms with Crippen molar-refractivity contribution in [2.45, 2.75) is 25.8 Å². The smallest absolute Gasteiger partial charge is 0.246 e. The van der Waals surface area contributed by atoms with Gasteiger partial charge in [0.25, 0.3) is 0 Å². The van der Waals surface area contributed by atoms with Crippen molar-refractivity contribution in [2.24, 2.45) is 16.9 Å². The van der Waals surface area contributed by atoms with Gasteiger partial charge in [-0.15, -0.1) is 0 Å². The molecule has 1 saturated heterocycles. The molecule has 0 aliphatic carbocycles. The summed E-state index contributed by atoms with van der Waals surface area (Å²) < 4.78 is 0.973. The number of hydrogen-bond donors (Lipinski definition) is 2. The molecular formula is C15H22BrN3O. The summed E-state index contributed by atoms with van der Waals surface area (Å²) >= 11 is 3.39. The summed E-state index contributed by atoms with van der Waals surface area (Å²) in [5.74, 6) is -0.0306. The maximum Gasteiger partial charge on any atom is 0.246 e. The van der Waals surface area contributed by atoms with E-state index in [1.54, 1.807) is 6.92 Å². The van der Waals surface area contributed by atoms with Crippen molar-refractivity contribution in [3.05, 3.63) is 34.3 Å². The van der Waals surface area contributed by atoms with Crippen molar-refractivity contribution in [1.82, 2.24) is 4.90 Å². The molecule has 1 fully saturated rings. The minimum atomic E-state index is -0.999. The lowest BCUT2D eigenvalue weighted by atomic mass is 9.89. The van der Waals surface area contributed by atoms with Crippen LogP contribution in [0.2, 0.25) is 0 Å². The van der Waals surface area contributed by atoms with Gasteiger partial charge in [-0.3, -0.25) is 4.79 Å². The summed E-state index contributed by atoms with van der Waals surface area (Å²) in [5, 5.41) is 0. The van der Waals surface area contributed by atoms with Crippen LogP contribution in [0.5, 0.6) is 0 Å². The van der Waals surface area contributed by atoms with Crippen molar-refractivity contribution in [1.29, 1.82) is 0 Å². The minimum absolute atomic E-state index is 0.0193. The number of carbonyl (C=O) groups excluding carboxylic acids is 1. The van der Waals surface area contributed by atoms with Gasteiger partial charge in [0.15, 0.2) is 0 Å². The second-order valence-corrected chi connectivity index (χ2v) is 7.12. The second kappa shape index (κ2) is 5.47. The molecule has 0 aromatic heterocycles. The lowest BCUT2D eigenvalue weighted by Crippen LogP contribution is -2.50. The van der Waals surface area contributed by atoms with Crippen molar-refractivity contribution >= 4 is 21.8 Å². The molecule has 1 heterocycles. The molecule has 0 saturated carbocycles. The van der Waals surface area contributed by atoms with Crippen molar-refractivity contribution in [3.8, 4) is 0 Å². The molecule has 2 atom stereocenters. The Morgan fingerprint density at radius 2 is 2.05 bits per heavy atom. The van der Waals surface area contributed by atoms with Crippen LogP contribution in [0.15, 0.2) is 28.7 Å². The highest BCUT2D eigenvalue weighted by molar-refractivity contribution is 9.10. The van der Waals surface area contributed by atoms with Crippen LogP contribution >= 0.6 is 15.9 Å². The first-order valence-electron chi connectivity index (χ1n) is 6.83. The van der Waals surface area contributed by atoms with Gasteiger partial charge in [0.2, 0.25) is 5.91 Å². The van der Waals surface area contributed by atoms with Crippen LogP contribution < -0.4 is 11.5 Å². The summed E-state index contributed by atoms with van der Waals surface area (Å²) in [4.78, 5) is 14.5. The van der Waals surface area contributed by atoms with Crippen LogP contribution in [0.1, 0.15) is 25.8 Å². The molecule has 1 aliphatic rings. The Kier molecular flexibility index (Phi) is 4.23. The Bertz CT molecular complexity index is 500. The number of likely N-dealkylation sites (tertiary alicyclic amines) is 1. The molecule has 0 radical (unpaired) electrons. The summed E-state index contributed by atoms with van der Waals surface area (Å²) in [6.45, 7) is 5.91. The highest BCUT2D eigenvalue weighted by atomic mass is 79.9. The van der Waals surface area contributed by atoms with Crippen LogP contribution in [0, 0.1) is 5.41 Å². The number of benzene rings is 1. The zero-order valence-corrected chi connectivity index (χ0v) is 13.6. The molecular weight excluding hydrogens is 318 g/mol. The Morgan fingerprint density at radius 3 is 2.55 bits per heavy atom. The first kappa shape index (κ1) is 15.5. The Morgan fingerprint density at radius 1 is 1.45 bits per heavy atom. The van der Waals surface area contributed by atoms with E-state index in [0.717, 1.165) is 23.0 Å². The number of nitrogens with two attached hydrogens (primary N) is 2. The zero-order valence-electron chi connectivity index (χ0n) is 12.0. The Labute approximate surface area is 128 Å². The van der Waals surface area contributed by atoms with Crippen LogP contribution in [0.4, 0.5) is 0 Å². The summed E-state index contributed by atoms with van der Waals surface area (Å²) in [7, 11) is 0. The molecule has 1 aliphatic heterocycles. The zero-order chi connectivity index (χ0) is 15.0. The fourth-order valence-corrected chi connectivity index (χ4v) is 2.88. The molecule has 1 aromatic carbocycles. The standard InChI is InChI=1S/C15H22BrN3O/c1-14(9-17)7-8-19(10-14)13(20)15(2,18)11-3-5-12(16)6-4-11/h3-6H,7-10,17-18H2,1-2H3. The minimum Gasteiger partial charge on any atom is -0.340 e. The maximum absolute atomic E-state index is 12.7. The molecule has 5 heteroatoms. The largest absolute Gasteiger partial charge is 0.340 e. The first-order chi connectivity index (χ1) is 9.28. The van der Waals surface area contributed by atoms with E-state index in [9.17, 15) is 4.79 Å². The van der Waals surface area contributed by atoms with E-state index in [-0.39, 0.29) is 11.3 Å². The maximum atomic E-state index is 12.7.